The lowest BCUT2D eigenvalue weighted by Gasteiger charge is -2.28. The van der Waals surface area contributed by atoms with Crippen molar-refractivity contribution < 1.29 is 0 Å². The van der Waals surface area contributed by atoms with E-state index in [0.29, 0.717) is 23.7 Å². The minimum absolute atomic E-state index is 0.0480. The van der Waals surface area contributed by atoms with Gasteiger partial charge in [-0.15, -0.1) is 0 Å². The predicted octanol–water partition coefficient (Wildman–Crippen LogP) is 14.7. The third kappa shape index (κ3) is 4.86. The smallest absolute Gasteiger partial charge is 0.0159 e. The van der Waals surface area contributed by atoms with Crippen LogP contribution >= 0.6 is 0 Å². The summed E-state index contributed by atoms with van der Waals surface area (Å²) in [4.78, 5) is 0. The van der Waals surface area contributed by atoms with Crippen LogP contribution in [0.25, 0.3) is 44.2 Å². The van der Waals surface area contributed by atoms with Crippen LogP contribution in [-0.2, 0) is 16.2 Å². The van der Waals surface area contributed by atoms with Crippen molar-refractivity contribution in [2.75, 3.05) is 0 Å². The second kappa shape index (κ2) is 11.5. The zero-order chi connectivity index (χ0) is 37.4. The molecule has 3 aliphatic carbocycles. The SMILES string of the molecule is CCC(C)C(c1ccc2c(c1)C(C(C)C)c1cc(C(C)(C)C)ccc1-2)c1ccc2c(c1)C(C)(C)c1cc3c(cc1-2)C(C)(C)c1ccc2ccccc2c1-3. The van der Waals surface area contributed by atoms with Gasteiger partial charge in [-0.2, -0.15) is 0 Å². The number of rotatable bonds is 5. The Hall–Kier alpha value is -4.42. The van der Waals surface area contributed by atoms with Gasteiger partial charge in [0.1, 0.15) is 0 Å². The summed E-state index contributed by atoms with van der Waals surface area (Å²) in [6.45, 7) is 26.4. The molecule has 0 saturated heterocycles. The van der Waals surface area contributed by atoms with Gasteiger partial charge in [0.2, 0.25) is 0 Å². The highest BCUT2D eigenvalue weighted by Gasteiger charge is 2.43. The van der Waals surface area contributed by atoms with Gasteiger partial charge in [-0.3, -0.25) is 0 Å². The van der Waals surface area contributed by atoms with Crippen LogP contribution in [0.4, 0.5) is 0 Å². The van der Waals surface area contributed by atoms with Gasteiger partial charge in [0.15, 0.2) is 0 Å². The fourth-order valence-electron chi connectivity index (χ4n) is 10.7. The van der Waals surface area contributed by atoms with E-state index in [1.54, 1.807) is 0 Å². The van der Waals surface area contributed by atoms with E-state index in [1.807, 2.05) is 0 Å². The molecular weight excluding hydrogens is 637 g/mol. The Morgan fingerprint density at radius 2 is 1.15 bits per heavy atom. The molecule has 0 aromatic heterocycles. The van der Waals surface area contributed by atoms with E-state index in [1.165, 1.54) is 94.2 Å². The molecular formula is C53H56. The monoisotopic (exact) mass is 692 g/mol. The molecule has 0 fully saturated rings. The summed E-state index contributed by atoms with van der Waals surface area (Å²) < 4.78 is 0. The summed E-state index contributed by atoms with van der Waals surface area (Å²) in [6.07, 6.45) is 1.14. The molecule has 0 heterocycles. The molecule has 9 rings (SSSR count). The highest BCUT2D eigenvalue weighted by molar-refractivity contribution is 6.03. The molecule has 0 bridgehead atoms. The summed E-state index contributed by atoms with van der Waals surface area (Å²) in [7, 11) is 0. The van der Waals surface area contributed by atoms with Gasteiger partial charge in [-0.25, -0.2) is 0 Å². The van der Waals surface area contributed by atoms with Crippen molar-refractivity contribution in [2.24, 2.45) is 11.8 Å². The Labute approximate surface area is 318 Å². The summed E-state index contributed by atoms with van der Waals surface area (Å²) in [5, 5.41) is 2.69. The second-order valence-corrected chi connectivity index (χ2v) is 19.2. The third-order valence-electron chi connectivity index (χ3n) is 13.9. The van der Waals surface area contributed by atoms with Gasteiger partial charge in [0, 0.05) is 22.7 Å². The standard InChI is InChI=1S/C53H56/c1-12-31(4)49(33-17-21-37-38-23-20-35(51(5,6)7)27-42(38)48(30(2)3)41(37)25-33)34-18-22-39-40-28-47-43(29-46(40)53(10,11)45(39)26-34)50-36-16-14-13-15-32(36)19-24-44(50)52(47,8)9/h13-31,48-49H,12H2,1-11H3. The molecule has 0 nitrogen and oxygen atoms in total. The first-order valence-electron chi connectivity index (χ1n) is 20.3. The molecule has 0 spiro atoms. The molecule has 3 aliphatic rings. The van der Waals surface area contributed by atoms with Crippen LogP contribution in [0.2, 0.25) is 0 Å². The van der Waals surface area contributed by atoms with E-state index in [9.17, 15) is 0 Å². The lowest BCUT2D eigenvalue weighted by atomic mass is 9.75. The highest BCUT2D eigenvalue weighted by atomic mass is 14.5. The summed E-state index contributed by atoms with van der Waals surface area (Å²) in [6, 6.07) is 41.1. The molecule has 0 N–H and O–H groups in total. The number of benzene rings is 6. The zero-order valence-corrected chi connectivity index (χ0v) is 33.8. The molecule has 6 aromatic rings. The van der Waals surface area contributed by atoms with Crippen LogP contribution < -0.4 is 0 Å². The predicted molar refractivity (Wildman–Crippen MR) is 228 cm³/mol. The molecule has 0 heteroatoms. The van der Waals surface area contributed by atoms with Gasteiger partial charge < -0.3 is 0 Å². The summed E-state index contributed by atoms with van der Waals surface area (Å²) >= 11 is 0. The Morgan fingerprint density at radius 1 is 0.566 bits per heavy atom. The molecule has 0 amide bonds. The fraction of sp³-hybridized carbons (Fsp3) is 0.358. The second-order valence-electron chi connectivity index (χ2n) is 19.2. The maximum absolute atomic E-state index is 2.61. The molecule has 3 unspecified atom stereocenters. The normalized spacial score (nSPS) is 18.3. The number of fused-ring (bicyclic) bond motifs is 11. The van der Waals surface area contributed by atoms with Gasteiger partial charge in [-0.1, -0.05) is 174 Å². The van der Waals surface area contributed by atoms with Crippen molar-refractivity contribution in [3.8, 4) is 33.4 Å². The molecule has 268 valence electrons. The maximum Gasteiger partial charge on any atom is 0.0159 e. The fourth-order valence-corrected chi connectivity index (χ4v) is 10.7. The molecule has 0 saturated carbocycles. The van der Waals surface area contributed by atoms with E-state index in [-0.39, 0.29) is 16.2 Å². The van der Waals surface area contributed by atoms with Crippen LogP contribution in [0.15, 0.2) is 103 Å². The van der Waals surface area contributed by atoms with Crippen molar-refractivity contribution in [1.82, 2.24) is 0 Å². The minimum Gasteiger partial charge on any atom is -0.0651 e. The van der Waals surface area contributed by atoms with Gasteiger partial charge >= 0.3 is 0 Å². The first kappa shape index (κ1) is 34.4. The molecule has 0 aliphatic heterocycles. The lowest BCUT2D eigenvalue weighted by molar-refractivity contribution is 0.494. The third-order valence-corrected chi connectivity index (χ3v) is 13.9. The molecule has 53 heavy (non-hydrogen) atoms. The van der Waals surface area contributed by atoms with E-state index in [2.05, 4.69) is 179 Å². The van der Waals surface area contributed by atoms with E-state index < -0.39 is 0 Å². The van der Waals surface area contributed by atoms with Crippen LogP contribution in [0.5, 0.6) is 0 Å². The van der Waals surface area contributed by atoms with Crippen LogP contribution in [0.1, 0.15) is 144 Å². The van der Waals surface area contributed by atoms with Gasteiger partial charge in [-0.05, 0) is 124 Å². The van der Waals surface area contributed by atoms with Crippen molar-refractivity contribution in [3.05, 3.63) is 153 Å². The Morgan fingerprint density at radius 3 is 1.85 bits per heavy atom. The molecule has 3 atom stereocenters. The Bertz CT molecular complexity index is 2470. The highest BCUT2D eigenvalue weighted by Crippen LogP contribution is 2.58. The lowest BCUT2D eigenvalue weighted by Crippen LogP contribution is -2.18. The van der Waals surface area contributed by atoms with Crippen LogP contribution in [0.3, 0.4) is 0 Å². The minimum atomic E-state index is -0.0970. The van der Waals surface area contributed by atoms with Crippen molar-refractivity contribution in [1.29, 1.82) is 0 Å². The van der Waals surface area contributed by atoms with Crippen LogP contribution in [0, 0.1) is 11.8 Å². The van der Waals surface area contributed by atoms with Crippen molar-refractivity contribution in [2.45, 2.75) is 111 Å². The van der Waals surface area contributed by atoms with E-state index >= 15 is 0 Å². The Balaban J connectivity index is 1.15. The molecule has 0 radical (unpaired) electrons. The molecule has 6 aromatic carbocycles. The summed E-state index contributed by atoms with van der Waals surface area (Å²) in [5.41, 5.74) is 21.8. The van der Waals surface area contributed by atoms with Crippen molar-refractivity contribution >= 4 is 10.8 Å². The van der Waals surface area contributed by atoms with Crippen LogP contribution in [-0.4, -0.2) is 0 Å². The number of hydrogen-bond donors (Lipinski definition) is 0. The van der Waals surface area contributed by atoms with E-state index in [0.717, 1.165) is 6.42 Å². The first-order valence-corrected chi connectivity index (χ1v) is 20.3. The Kier molecular flexibility index (Phi) is 7.48. The quantitative estimate of drug-likeness (QED) is 0.169. The topological polar surface area (TPSA) is 0 Å². The largest absolute Gasteiger partial charge is 0.0651 e. The van der Waals surface area contributed by atoms with Gasteiger partial charge in [0.05, 0.1) is 0 Å². The summed E-state index contributed by atoms with van der Waals surface area (Å²) in [5.74, 6) is 1.79. The van der Waals surface area contributed by atoms with Crippen molar-refractivity contribution in [3.63, 3.8) is 0 Å². The van der Waals surface area contributed by atoms with Gasteiger partial charge in [0.25, 0.3) is 0 Å². The van der Waals surface area contributed by atoms with E-state index in [4.69, 9.17) is 0 Å². The first-order chi connectivity index (χ1) is 25.1. The average Bonchev–Trinajstić information content (AvgIpc) is 3.66. The zero-order valence-electron chi connectivity index (χ0n) is 33.8. The number of hydrogen-bond acceptors (Lipinski definition) is 0. The average molecular weight is 693 g/mol. The maximum atomic E-state index is 2.61.